The first-order valence-corrected chi connectivity index (χ1v) is 8.26. The van der Waals surface area contributed by atoms with E-state index in [4.69, 9.17) is 9.47 Å². The van der Waals surface area contributed by atoms with E-state index in [0.29, 0.717) is 23.6 Å². The molecule has 0 fully saturated rings. The summed E-state index contributed by atoms with van der Waals surface area (Å²) in [6.07, 6.45) is 3.81. The van der Waals surface area contributed by atoms with Crippen molar-refractivity contribution in [2.24, 2.45) is 0 Å². The van der Waals surface area contributed by atoms with Gasteiger partial charge >= 0.3 is 0 Å². The highest BCUT2D eigenvalue weighted by Gasteiger charge is 2.09. The number of nitrogens with one attached hydrogen (secondary N) is 1. The largest absolute Gasteiger partial charge is 0.497 e. The van der Waals surface area contributed by atoms with Crippen molar-refractivity contribution in [3.63, 3.8) is 0 Å². The highest BCUT2D eigenvalue weighted by Crippen LogP contribution is 2.29. The van der Waals surface area contributed by atoms with Gasteiger partial charge in [-0.1, -0.05) is 37.6 Å². The minimum absolute atomic E-state index is 0.0697. The molecule has 0 aliphatic carbocycles. The van der Waals surface area contributed by atoms with Gasteiger partial charge in [0.1, 0.15) is 11.5 Å². The van der Waals surface area contributed by atoms with Crippen LogP contribution in [0, 0.1) is 0 Å². The van der Waals surface area contributed by atoms with Crippen LogP contribution in [0.3, 0.4) is 0 Å². The van der Waals surface area contributed by atoms with Gasteiger partial charge in [-0.25, -0.2) is 0 Å². The van der Waals surface area contributed by atoms with Crippen LogP contribution >= 0.6 is 0 Å². The fourth-order valence-corrected chi connectivity index (χ4v) is 2.49. The topological polar surface area (TPSA) is 47.6 Å². The minimum Gasteiger partial charge on any atom is -0.497 e. The molecule has 0 bridgehead atoms. The Bertz CT molecular complexity index is 665. The summed E-state index contributed by atoms with van der Waals surface area (Å²) in [5, 5.41) is 2.89. The molecule has 4 nitrogen and oxygen atoms in total. The molecule has 2 aromatic carbocycles. The third-order valence-corrected chi connectivity index (χ3v) is 3.89. The second kappa shape index (κ2) is 8.96. The number of hydrogen-bond donors (Lipinski definition) is 1. The molecule has 0 spiro atoms. The average molecular weight is 327 g/mol. The molecule has 2 rings (SSSR count). The van der Waals surface area contributed by atoms with Crippen LogP contribution in [0.1, 0.15) is 30.9 Å². The van der Waals surface area contributed by atoms with E-state index >= 15 is 0 Å². The van der Waals surface area contributed by atoms with Gasteiger partial charge in [0.05, 0.1) is 26.3 Å². The van der Waals surface area contributed by atoms with Crippen molar-refractivity contribution in [2.75, 3.05) is 19.5 Å². The molecule has 0 radical (unpaired) electrons. The van der Waals surface area contributed by atoms with Crippen molar-refractivity contribution in [3.8, 4) is 11.5 Å². The Kier molecular flexibility index (Phi) is 6.67. The van der Waals surface area contributed by atoms with Gasteiger partial charge in [-0.05, 0) is 36.1 Å². The number of amides is 1. The summed E-state index contributed by atoms with van der Waals surface area (Å²) < 4.78 is 10.5. The third kappa shape index (κ3) is 5.01. The van der Waals surface area contributed by atoms with Crippen molar-refractivity contribution in [1.82, 2.24) is 0 Å². The van der Waals surface area contributed by atoms with Crippen molar-refractivity contribution in [1.29, 1.82) is 0 Å². The number of carbonyl (C=O) groups excluding carboxylic acids is 1. The van der Waals surface area contributed by atoms with Crippen LogP contribution in [-0.4, -0.2) is 20.1 Å². The summed E-state index contributed by atoms with van der Waals surface area (Å²) in [6.45, 7) is 2.19. The van der Waals surface area contributed by atoms with Gasteiger partial charge in [-0.3, -0.25) is 4.79 Å². The number of aryl methyl sites for hydroxylation is 1. The summed E-state index contributed by atoms with van der Waals surface area (Å²) in [5.41, 5.74) is 2.96. The van der Waals surface area contributed by atoms with Crippen LogP contribution < -0.4 is 14.8 Å². The molecule has 2 aromatic rings. The molecule has 0 saturated carbocycles. The fourth-order valence-electron chi connectivity index (χ4n) is 2.49. The smallest absolute Gasteiger partial charge is 0.228 e. The van der Waals surface area contributed by atoms with Crippen molar-refractivity contribution in [2.45, 2.75) is 32.6 Å². The predicted octanol–water partition coefficient (Wildman–Crippen LogP) is 4.23. The zero-order chi connectivity index (χ0) is 17.4. The molecule has 1 N–H and O–H groups in total. The molecule has 0 aromatic heterocycles. The number of carbonyl (C=O) groups is 1. The number of unbranched alkanes of at least 4 members (excludes halogenated alkanes) is 1. The van der Waals surface area contributed by atoms with Gasteiger partial charge in [-0.2, -0.15) is 0 Å². The number of rotatable bonds is 8. The molecule has 0 aliphatic heterocycles. The molecule has 0 aliphatic rings. The lowest BCUT2D eigenvalue weighted by molar-refractivity contribution is -0.115. The van der Waals surface area contributed by atoms with Gasteiger partial charge in [0.15, 0.2) is 0 Å². The number of hydrogen-bond acceptors (Lipinski definition) is 3. The van der Waals surface area contributed by atoms with Crippen LogP contribution in [-0.2, 0) is 17.6 Å². The summed E-state index contributed by atoms with van der Waals surface area (Å²) >= 11 is 0. The SMILES string of the molecule is CCCCc1ccc(CC(=O)Nc2ccc(OC)cc2OC)cc1. The van der Waals surface area contributed by atoms with Gasteiger partial charge in [0.25, 0.3) is 0 Å². The Hall–Kier alpha value is -2.49. The number of ether oxygens (including phenoxy) is 2. The Morgan fingerprint density at radius 2 is 1.71 bits per heavy atom. The normalized spacial score (nSPS) is 10.3. The Morgan fingerprint density at radius 3 is 2.33 bits per heavy atom. The van der Waals surface area contributed by atoms with E-state index in [1.165, 1.54) is 18.4 Å². The Labute approximate surface area is 143 Å². The molecule has 128 valence electrons. The number of methoxy groups -OCH3 is 2. The lowest BCUT2D eigenvalue weighted by Crippen LogP contribution is -2.15. The predicted molar refractivity (Wildman–Crippen MR) is 96.9 cm³/mol. The van der Waals surface area contributed by atoms with Crippen LogP contribution in [0.25, 0.3) is 0 Å². The molecule has 0 atom stereocenters. The first-order valence-electron chi connectivity index (χ1n) is 8.26. The lowest BCUT2D eigenvalue weighted by Gasteiger charge is -2.12. The molecule has 24 heavy (non-hydrogen) atoms. The van der Waals surface area contributed by atoms with E-state index in [9.17, 15) is 4.79 Å². The van der Waals surface area contributed by atoms with Crippen molar-refractivity contribution in [3.05, 3.63) is 53.6 Å². The number of anilines is 1. The first-order chi connectivity index (χ1) is 11.7. The fraction of sp³-hybridized carbons (Fsp3) is 0.350. The first kappa shape index (κ1) is 17.9. The standard InChI is InChI=1S/C20H25NO3/c1-4-5-6-15-7-9-16(10-8-15)13-20(22)21-18-12-11-17(23-2)14-19(18)24-3/h7-12,14H,4-6,13H2,1-3H3,(H,21,22). The summed E-state index contributed by atoms with van der Waals surface area (Å²) in [6, 6.07) is 13.6. The number of benzene rings is 2. The zero-order valence-corrected chi connectivity index (χ0v) is 14.6. The molecule has 0 unspecified atom stereocenters. The minimum atomic E-state index is -0.0697. The highest BCUT2D eigenvalue weighted by molar-refractivity contribution is 5.93. The second-order valence-electron chi connectivity index (χ2n) is 5.71. The van der Waals surface area contributed by atoms with E-state index in [0.717, 1.165) is 12.0 Å². The summed E-state index contributed by atoms with van der Waals surface area (Å²) in [7, 11) is 3.16. The van der Waals surface area contributed by atoms with Crippen LogP contribution in [0.5, 0.6) is 11.5 Å². The molecule has 0 saturated heterocycles. The summed E-state index contributed by atoms with van der Waals surface area (Å²) in [5.74, 6) is 1.20. The monoisotopic (exact) mass is 327 g/mol. The zero-order valence-electron chi connectivity index (χ0n) is 14.6. The maximum Gasteiger partial charge on any atom is 0.228 e. The Morgan fingerprint density at radius 1 is 1.00 bits per heavy atom. The molecular formula is C20H25NO3. The third-order valence-electron chi connectivity index (χ3n) is 3.89. The van der Waals surface area contributed by atoms with E-state index in [1.807, 2.05) is 12.1 Å². The van der Waals surface area contributed by atoms with Gasteiger partial charge in [-0.15, -0.1) is 0 Å². The molecular weight excluding hydrogens is 302 g/mol. The van der Waals surface area contributed by atoms with Gasteiger partial charge < -0.3 is 14.8 Å². The van der Waals surface area contributed by atoms with Crippen LogP contribution in [0.2, 0.25) is 0 Å². The average Bonchev–Trinajstić information content (AvgIpc) is 2.61. The van der Waals surface area contributed by atoms with Crippen LogP contribution in [0.15, 0.2) is 42.5 Å². The van der Waals surface area contributed by atoms with Crippen LogP contribution in [0.4, 0.5) is 5.69 Å². The van der Waals surface area contributed by atoms with Crippen molar-refractivity contribution < 1.29 is 14.3 Å². The van der Waals surface area contributed by atoms with Gasteiger partial charge in [0, 0.05) is 6.07 Å². The summed E-state index contributed by atoms with van der Waals surface area (Å²) in [4.78, 5) is 12.3. The second-order valence-corrected chi connectivity index (χ2v) is 5.71. The van der Waals surface area contributed by atoms with E-state index in [-0.39, 0.29) is 5.91 Å². The maximum atomic E-state index is 12.3. The molecule has 1 amide bonds. The van der Waals surface area contributed by atoms with Gasteiger partial charge in [0.2, 0.25) is 5.91 Å². The highest BCUT2D eigenvalue weighted by atomic mass is 16.5. The maximum absolute atomic E-state index is 12.3. The van der Waals surface area contributed by atoms with E-state index < -0.39 is 0 Å². The Balaban J connectivity index is 1.98. The quantitative estimate of drug-likeness (QED) is 0.789. The van der Waals surface area contributed by atoms with E-state index in [1.54, 1.807) is 32.4 Å². The lowest BCUT2D eigenvalue weighted by atomic mass is 10.0. The van der Waals surface area contributed by atoms with E-state index in [2.05, 4.69) is 24.4 Å². The molecule has 4 heteroatoms. The molecule has 0 heterocycles. The van der Waals surface area contributed by atoms with Crippen molar-refractivity contribution >= 4 is 11.6 Å².